The van der Waals surface area contributed by atoms with Crippen molar-refractivity contribution in [3.8, 4) is 0 Å². The minimum absolute atomic E-state index is 0.200. The number of hydrogen-bond acceptors (Lipinski definition) is 1. The van der Waals surface area contributed by atoms with Gasteiger partial charge in [-0.05, 0) is 24.1 Å². The van der Waals surface area contributed by atoms with Gasteiger partial charge in [0, 0.05) is 11.1 Å². The lowest BCUT2D eigenvalue weighted by Crippen LogP contribution is -2.11. The van der Waals surface area contributed by atoms with E-state index in [-0.39, 0.29) is 11.4 Å². The highest BCUT2D eigenvalue weighted by Gasteiger charge is 2.10. The highest BCUT2D eigenvalue weighted by atomic mass is 35.5. The van der Waals surface area contributed by atoms with Crippen molar-refractivity contribution >= 4 is 11.6 Å². The standard InChI is InChI=1S/C9H10ClF2N/c10-8-5-6(12)1-2-7(8)9(13)3-4-11/h1-2,5,9H,3-4,13H2/t9-/m0/s1. The van der Waals surface area contributed by atoms with Crippen LogP contribution in [0.25, 0.3) is 0 Å². The number of hydrogen-bond donors (Lipinski definition) is 1. The summed E-state index contributed by atoms with van der Waals surface area (Å²) in [4.78, 5) is 0. The van der Waals surface area contributed by atoms with E-state index in [0.29, 0.717) is 5.56 Å². The molecule has 0 bridgehead atoms. The topological polar surface area (TPSA) is 26.0 Å². The third kappa shape index (κ3) is 2.64. The molecular weight excluding hydrogens is 196 g/mol. The van der Waals surface area contributed by atoms with Crippen molar-refractivity contribution in [3.05, 3.63) is 34.6 Å². The first kappa shape index (κ1) is 10.4. The molecule has 0 aliphatic carbocycles. The Morgan fingerprint density at radius 2 is 2.15 bits per heavy atom. The smallest absolute Gasteiger partial charge is 0.124 e. The van der Waals surface area contributed by atoms with Crippen LogP contribution in [0.3, 0.4) is 0 Å². The molecule has 4 heteroatoms. The number of benzene rings is 1. The van der Waals surface area contributed by atoms with Gasteiger partial charge in [0.1, 0.15) is 5.82 Å². The molecule has 0 unspecified atom stereocenters. The SMILES string of the molecule is N[C@@H](CCF)c1ccc(F)cc1Cl. The van der Waals surface area contributed by atoms with Crippen molar-refractivity contribution in [1.82, 2.24) is 0 Å². The number of halogens is 3. The summed E-state index contributed by atoms with van der Waals surface area (Å²) in [6.45, 7) is -0.505. The van der Waals surface area contributed by atoms with Crippen LogP contribution in [-0.2, 0) is 0 Å². The zero-order chi connectivity index (χ0) is 9.84. The fourth-order valence-electron chi connectivity index (χ4n) is 1.08. The second-order valence-corrected chi connectivity index (χ2v) is 3.16. The van der Waals surface area contributed by atoms with Gasteiger partial charge in [-0.25, -0.2) is 4.39 Å². The summed E-state index contributed by atoms with van der Waals surface area (Å²) >= 11 is 5.72. The molecular formula is C9H10ClF2N. The number of nitrogens with two attached hydrogens (primary N) is 1. The average Bonchev–Trinajstić information content (AvgIpc) is 2.04. The van der Waals surface area contributed by atoms with Gasteiger partial charge < -0.3 is 5.73 Å². The second kappa shape index (κ2) is 4.53. The van der Waals surface area contributed by atoms with E-state index < -0.39 is 18.5 Å². The predicted molar refractivity (Wildman–Crippen MR) is 48.9 cm³/mol. The summed E-state index contributed by atoms with van der Waals surface area (Å²) in [5.74, 6) is -0.416. The van der Waals surface area contributed by atoms with E-state index in [9.17, 15) is 8.78 Å². The van der Waals surface area contributed by atoms with E-state index in [4.69, 9.17) is 17.3 Å². The van der Waals surface area contributed by atoms with Gasteiger partial charge in [-0.2, -0.15) is 0 Å². The van der Waals surface area contributed by atoms with Crippen LogP contribution in [0.4, 0.5) is 8.78 Å². The number of rotatable bonds is 3. The third-order valence-electron chi connectivity index (χ3n) is 1.78. The van der Waals surface area contributed by atoms with E-state index in [0.717, 1.165) is 0 Å². The van der Waals surface area contributed by atoms with Crippen LogP contribution in [0.1, 0.15) is 18.0 Å². The molecule has 0 saturated heterocycles. The van der Waals surface area contributed by atoms with Crippen molar-refractivity contribution in [2.24, 2.45) is 5.73 Å². The van der Waals surface area contributed by atoms with E-state index in [1.165, 1.54) is 18.2 Å². The molecule has 0 aliphatic heterocycles. The van der Waals surface area contributed by atoms with E-state index in [1.807, 2.05) is 0 Å². The summed E-state index contributed by atoms with van der Waals surface area (Å²) in [6.07, 6.45) is 0.200. The molecule has 1 rings (SSSR count). The van der Waals surface area contributed by atoms with E-state index in [1.54, 1.807) is 0 Å². The van der Waals surface area contributed by atoms with Crippen LogP contribution >= 0.6 is 11.6 Å². The zero-order valence-corrected chi connectivity index (χ0v) is 7.69. The maximum Gasteiger partial charge on any atom is 0.124 e. The lowest BCUT2D eigenvalue weighted by Gasteiger charge is -2.11. The molecule has 1 atom stereocenters. The summed E-state index contributed by atoms with van der Waals surface area (Å²) in [6, 6.07) is 3.46. The Kier molecular flexibility index (Phi) is 3.63. The lowest BCUT2D eigenvalue weighted by molar-refractivity contribution is 0.441. The van der Waals surface area contributed by atoms with E-state index in [2.05, 4.69) is 0 Å². The van der Waals surface area contributed by atoms with Crippen molar-refractivity contribution < 1.29 is 8.78 Å². The molecule has 2 N–H and O–H groups in total. The van der Waals surface area contributed by atoms with Gasteiger partial charge in [-0.15, -0.1) is 0 Å². The molecule has 0 saturated carbocycles. The lowest BCUT2D eigenvalue weighted by atomic mass is 10.1. The second-order valence-electron chi connectivity index (χ2n) is 2.75. The predicted octanol–water partition coefficient (Wildman–Crippen LogP) is 2.84. The van der Waals surface area contributed by atoms with Crippen molar-refractivity contribution in [2.75, 3.05) is 6.67 Å². The molecule has 0 spiro atoms. The number of alkyl halides is 1. The minimum Gasteiger partial charge on any atom is -0.324 e. The maximum atomic E-state index is 12.6. The highest BCUT2D eigenvalue weighted by Crippen LogP contribution is 2.24. The largest absolute Gasteiger partial charge is 0.324 e. The normalized spacial score (nSPS) is 12.9. The van der Waals surface area contributed by atoms with Gasteiger partial charge in [-0.1, -0.05) is 17.7 Å². The first-order valence-electron chi connectivity index (χ1n) is 3.91. The van der Waals surface area contributed by atoms with Gasteiger partial charge in [0.2, 0.25) is 0 Å². The van der Waals surface area contributed by atoms with Crippen LogP contribution in [0, 0.1) is 5.82 Å². The van der Waals surface area contributed by atoms with Crippen molar-refractivity contribution in [1.29, 1.82) is 0 Å². The van der Waals surface area contributed by atoms with Gasteiger partial charge in [0.05, 0.1) is 6.67 Å². The summed E-state index contributed by atoms with van der Waals surface area (Å²) < 4.78 is 24.5. The van der Waals surface area contributed by atoms with Crippen LogP contribution in [-0.4, -0.2) is 6.67 Å². The molecule has 0 radical (unpaired) electrons. The fourth-order valence-corrected chi connectivity index (χ4v) is 1.38. The Morgan fingerprint density at radius 1 is 1.46 bits per heavy atom. The Balaban J connectivity index is 2.88. The van der Waals surface area contributed by atoms with Crippen LogP contribution in [0.15, 0.2) is 18.2 Å². The summed E-state index contributed by atoms with van der Waals surface area (Å²) in [7, 11) is 0. The van der Waals surface area contributed by atoms with Crippen LogP contribution in [0.2, 0.25) is 5.02 Å². The molecule has 0 amide bonds. The molecule has 13 heavy (non-hydrogen) atoms. The Bertz CT molecular complexity index is 291. The van der Waals surface area contributed by atoms with Gasteiger partial charge in [-0.3, -0.25) is 4.39 Å². The van der Waals surface area contributed by atoms with Crippen LogP contribution < -0.4 is 5.73 Å². The van der Waals surface area contributed by atoms with Crippen LogP contribution in [0.5, 0.6) is 0 Å². The third-order valence-corrected chi connectivity index (χ3v) is 2.11. The molecule has 1 aromatic rings. The average molecular weight is 206 g/mol. The Labute approximate surface area is 80.5 Å². The highest BCUT2D eigenvalue weighted by molar-refractivity contribution is 6.31. The Hall–Kier alpha value is -0.670. The summed E-state index contributed by atoms with van der Waals surface area (Å²) in [5.41, 5.74) is 6.19. The van der Waals surface area contributed by atoms with Gasteiger partial charge in [0.15, 0.2) is 0 Å². The summed E-state index contributed by atoms with van der Waals surface area (Å²) in [5, 5.41) is 0.251. The molecule has 72 valence electrons. The van der Waals surface area contributed by atoms with Crippen molar-refractivity contribution in [2.45, 2.75) is 12.5 Å². The molecule has 0 aromatic heterocycles. The first-order valence-corrected chi connectivity index (χ1v) is 4.29. The van der Waals surface area contributed by atoms with E-state index >= 15 is 0 Å². The van der Waals surface area contributed by atoms with Gasteiger partial charge in [0.25, 0.3) is 0 Å². The Morgan fingerprint density at radius 3 is 2.69 bits per heavy atom. The molecule has 1 aromatic carbocycles. The maximum absolute atomic E-state index is 12.6. The monoisotopic (exact) mass is 205 g/mol. The zero-order valence-electron chi connectivity index (χ0n) is 6.93. The quantitative estimate of drug-likeness (QED) is 0.807. The van der Waals surface area contributed by atoms with Gasteiger partial charge >= 0.3 is 0 Å². The molecule has 0 heterocycles. The fraction of sp³-hybridized carbons (Fsp3) is 0.333. The molecule has 0 aliphatic rings. The molecule has 1 nitrogen and oxygen atoms in total. The molecule has 0 fully saturated rings. The first-order chi connectivity index (χ1) is 6.15. The minimum atomic E-state index is -0.505. The van der Waals surface area contributed by atoms with Crippen molar-refractivity contribution in [3.63, 3.8) is 0 Å².